The molecule has 4 N–H and O–H groups in total. The maximum Gasteiger partial charge on any atom is 0.340 e. The second kappa shape index (κ2) is 8.74. The van der Waals surface area contributed by atoms with Gasteiger partial charge < -0.3 is 24.7 Å². The summed E-state index contributed by atoms with van der Waals surface area (Å²) in [5.41, 5.74) is 5.52. The van der Waals surface area contributed by atoms with E-state index in [2.05, 4.69) is 31.6 Å². The van der Waals surface area contributed by atoms with Gasteiger partial charge in [-0.25, -0.2) is 9.59 Å². The summed E-state index contributed by atoms with van der Waals surface area (Å²) in [6, 6.07) is -1.93. The highest BCUT2D eigenvalue weighted by Crippen LogP contribution is 2.09. The summed E-state index contributed by atoms with van der Waals surface area (Å²) >= 11 is 4.12. The highest BCUT2D eigenvalue weighted by Gasteiger charge is 2.23. The smallest absolute Gasteiger partial charge is 0.340 e. The number of amides is 2. The maximum atomic E-state index is 11.7. The SMILES string of the molecule is NC1CCC(=O)NC(CS)C(=O)NCC(=O)OSOC1=O. The van der Waals surface area contributed by atoms with Gasteiger partial charge in [0.25, 0.3) is 12.3 Å². The van der Waals surface area contributed by atoms with Gasteiger partial charge in [0.15, 0.2) is 0 Å². The van der Waals surface area contributed by atoms with Crippen molar-refractivity contribution in [3.05, 3.63) is 0 Å². The Kier molecular flexibility index (Phi) is 7.32. The molecule has 2 amide bonds. The summed E-state index contributed by atoms with van der Waals surface area (Å²) in [5, 5.41) is 4.70. The van der Waals surface area contributed by atoms with Crippen LogP contribution in [0.25, 0.3) is 0 Å². The van der Waals surface area contributed by atoms with Gasteiger partial charge in [-0.3, -0.25) is 9.59 Å². The molecule has 1 heterocycles. The molecule has 118 valence electrons. The molecule has 1 aliphatic rings. The fraction of sp³-hybridized carbons (Fsp3) is 0.600. The number of carbonyl (C=O) groups excluding carboxylic acids is 4. The minimum Gasteiger partial charge on any atom is -0.353 e. The predicted octanol–water partition coefficient (Wildman–Crippen LogP) is -1.71. The van der Waals surface area contributed by atoms with Crippen molar-refractivity contribution in [3.63, 3.8) is 0 Å². The molecule has 0 aliphatic carbocycles. The van der Waals surface area contributed by atoms with E-state index in [1.807, 2.05) is 0 Å². The van der Waals surface area contributed by atoms with Crippen molar-refractivity contribution >= 4 is 48.7 Å². The molecule has 0 radical (unpaired) electrons. The third kappa shape index (κ3) is 6.23. The molecule has 0 aromatic rings. The average molecular weight is 337 g/mol. The van der Waals surface area contributed by atoms with E-state index in [-0.39, 0.29) is 30.9 Å². The van der Waals surface area contributed by atoms with Crippen LogP contribution in [0.1, 0.15) is 12.8 Å². The lowest BCUT2D eigenvalue weighted by Crippen LogP contribution is -2.49. The van der Waals surface area contributed by atoms with Crippen molar-refractivity contribution in [2.75, 3.05) is 12.3 Å². The van der Waals surface area contributed by atoms with Gasteiger partial charge in [0.05, 0.1) is 0 Å². The number of carbonyl (C=O) groups is 4. The summed E-state index contributed by atoms with van der Waals surface area (Å²) in [7, 11) is 0. The summed E-state index contributed by atoms with van der Waals surface area (Å²) in [4.78, 5) is 46.0. The van der Waals surface area contributed by atoms with Gasteiger partial charge in [-0.05, 0) is 6.42 Å². The Morgan fingerprint density at radius 2 is 2.00 bits per heavy atom. The molecule has 11 heteroatoms. The van der Waals surface area contributed by atoms with E-state index in [4.69, 9.17) is 5.73 Å². The topological polar surface area (TPSA) is 137 Å². The molecule has 0 bridgehead atoms. The van der Waals surface area contributed by atoms with Crippen LogP contribution >= 0.6 is 25.0 Å². The van der Waals surface area contributed by atoms with Gasteiger partial charge in [-0.1, -0.05) is 0 Å². The molecule has 2 unspecified atom stereocenters. The molecule has 0 spiro atoms. The van der Waals surface area contributed by atoms with Gasteiger partial charge in [0.1, 0.15) is 18.6 Å². The number of hydrogen-bond donors (Lipinski definition) is 4. The monoisotopic (exact) mass is 337 g/mol. The molecule has 1 aliphatic heterocycles. The van der Waals surface area contributed by atoms with Crippen LogP contribution in [0.15, 0.2) is 0 Å². The lowest BCUT2D eigenvalue weighted by atomic mass is 10.1. The van der Waals surface area contributed by atoms with Crippen molar-refractivity contribution in [2.45, 2.75) is 24.9 Å². The molecular weight excluding hydrogens is 322 g/mol. The third-order valence-electron chi connectivity index (χ3n) is 2.47. The van der Waals surface area contributed by atoms with Crippen LogP contribution in [0, 0.1) is 0 Å². The van der Waals surface area contributed by atoms with E-state index < -0.39 is 42.4 Å². The van der Waals surface area contributed by atoms with Gasteiger partial charge in [0.2, 0.25) is 11.8 Å². The molecule has 21 heavy (non-hydrogen) atoms. The lowest BCUT2D eigenvalue weighted by molar-refractivity contribution is -0.138. The van der Waals surface area contributed by atoms with Crippen LogP contribution in [0.4, 0.5) is 0 Å². The first-order valence-corrected chi connectivity index (χ1v) is 7.25. The van der Waals surface area contributed by atoms with Crippen LogP contribution in [-0.2, 0) is 27.5 Å². The van der Waals surface area contributed by atoms with Crippen molar-refractivity contribution < 1.29 is 27.5 Å². The van der Waals surface area contributed by atoms with Crippen LogP contribution in [-0.4, -0.2) is 48.1 Å². The van der Waals surface area contributed by atoms with Gasteiger partial charge in [-0.2, -0.15) is 12.6 Å². The van der Waals surface area contributed by atoms with Crippen molar-refractivity contribution in [2.24, 2.45) is 5.73 Å². The Morgan fingerprint density at radius 3 is 2.67 bits per heavy atom. The molecule has 1 rings (SSSR count). The minimum absolute atomic E-state index is 0.0279. The van der Waals surface area contributed by atoms with Crippen molar-refractivity contribution in [3.8, 4) is 0 Å². The van der Waals surface area contributed by atoms with E-state index in [1.165, 1.54) is 0 Å². The molecule has 2 atom stereocenters. The number of nitrogens with two attached hydrogens (primary N) is 1. The van der Waals surface area contributed by atoms with Crippen LogP contribution in [0.5, 0.6) is 0 Å². The zero-order valence-corrected chi connectivity index (χ0v) is 12.6. The maximum absolute atomic E-state index is 11.7. The number of nitrogens with one attached hydrogen (secondary N) is 2. The fourth-order valence-corrected chi connectivity index (χ4v) is 1.94. The highest BCUT2D eigenvalue weighted by molar-refractivity contribution is 7.90. The summed E-state index contributed by atoms with van der Waals surface area (Å²) < 4.78 is 9.03. The van der Waals surface area contributed by atoms with Crippen LogP contribution < -0.4 is 16.4 Å². The number of hydrogen-bond acceptors (Lipinski definition) is 9. The minimum atomic E-state index is -1.03. The molecule has 1 fully saturated rings. The highest BCUT2D eigenvalue weighted by atomic mass is 32.2. The fourth-order valence-electron chi connectivity index (χ4n) is 1.33. The van der Waals surface area contributed by atoms with E-state index in [1.54, 1.807) is 0 Å². The molecule has 0 aromatic carbocycles. The molecule has 0 aromatic heterocycles. The standard InChI is InChI=1S/C10H15N3O6S2/c11-5-1-2-7(14)13-6(4-20)9(16)12-3-8(15)18-21-19-10(5)17/h5-6,20H,1-4,11H2,(H,12,16)(H,13,14). The second-order valence-corrected chi connectivity index (χ2v) is 4.93. The molecule has 9 nitrogen and oxygen atoms in total. The normalized spacial score (nSPS) is 26.0. The van der Waals surface area contributed by atoms with Gasteiger partial charge >= 0.3 is 11.9 Å². The van der Waals surface area contributed by atoms with Crippen LogP contribution in [0.2, 0.25) is 0 Å². The zero-order valence-electron chi connectivity index (χ0n) is 10.9. The van der Waals surface area contributed by atoms with Gasteiger partial charge in [0, 0.05) is 12.2 Å². The quantitative estimate of drug-likeness (QED) is 0.328. The Labute approximate surface area is 130 Å². The summed E-state index contributed by atoms with van der Waals surface area (Å²) in [6.07, 6.45) is -0.0294. The third-order valence-corrected chi connectivity index (χ3v) is 3.32. The summed E-state index contributed by atoms with van der Waals surface area (Å²) in [5.74, 6) is -2.61. The van der Waals surface area contributed by atoms with E-state index in [9.17, 15) is 19.2 Å². The van der Waals surface area contributed by atoms with Gasteiger partial charge in [-0.15, -0.1) is 0 Å². The first-order chi connectivity index (χ1) is 9.93. The zero-order chi connectivity index (χ0) is 15.8. The average Bonchev–Trinajstić information content (AvgIpc) is 2.46. The number of rotatable bonds is 1. The summed E-state index contributed by atoms with van der Waals surface area (Å²) in [6.45, 7) is -0.435. The predicted molar refractivity (Wildman–Crippen MR) is 75.8 cm³/mol. The first kappa shape index (κ1) is 17.6. The Morgan fingerprint density at radius 1 is 1.29 bits per heavy atom. The second-order valence-electron chi connectivity index (χ2n) is 4.09. The van der Waals surface area contributed by atoms with Crippen molar-refractivity contribution in [1.29, 1.82) is 0 Å². The van der Waals surface area contributed by atoms with E-state index in [0.29, 0.717) is 0 Å². The van der Waals surface area contributed by atoms with Crippen LogP contribution in [0.3, 0.4) is 0 Å². The lowest BCUT2D eigenvalue weighted by Gasteiger charge is -2.17. The van der Waals surface area contributed by atoms with E-state index in [0.717, 1.165) is 0 Å². The van der Waals surface area contributed by atoms with Crippen molar-refractivity contribution in [1.82, 2.24) is 10.6 Å². The van der Waals surface area contributed by atoms with E-state index >= 15 is 0 Å². The molecule has 0 saturated carbocycles. The largest absolute Gasteiger partial charge is 0.353 e. The number of thiol groups is 1. The molecular formula is C10H15N3O6S2. The Bertz CT molecular complexity index is 433. The Hall–Kier alpha value is -1.46. The molecule has 1 saturated heterocycles. The Balaban J connectivity index is 2.71. The first-order valence-electron chi connectivity index (χ1n) is 5.95.